The van der Waals surface area contributed by atoms with E-state index < -0.39 is 6.10 Å². The minimum Gasteiger partial charge on any atom is -0.395 e. The van der Waals surface area contributed by atoms with Gasteiger partial charge in [-0.25, -0.2) is 9.97 Å². The normalized spacial score (nSPS) is 25.1. The van der Waals surface area contributed by atoms with E-state index in [-0.39, 0.29) is 12.5 Å². The maximum atomic E-state index is 12.2. The van der Waals surface area contributed by atoms with Gasteiger partial charge >= 0.3 is 0 Å². The third-order valence-electron chi connectivity index (χ3n) is 7.52. The maximum absolute atomic E-state index is 12.2. The molecule has 1 saturated carbocycles. The van der Waals surface area contributed by atoms with Crippen molar-refractivity contribution in [2.75, 3.05) is 31.6 Å². The molecule has 3 aromatic heterocycles. The van der Waals surface area contributed by atoms with Gasteiger partial charge in [-0.2, -0.15) is 0 Å². The molecular weight excluding hydrogens is 452 g/mol. The van der Waals surface area contributed by atoms with E-state index >= 15 is 0 Å². The Morgan fingerprint density at radius 3 is 2.82 bits per heavy atom. The monoisotopic (exact) mass is 482 g/mol. The van der Waals surface area contributed by atoms with Crippen LogP contribution in [0.2, 0.25) is 0 Å². The number of carbonyl (C=O) groups is 1. The Labute approximate surface area is 201 Å². The van der Waals surface area contributed by atoms with Crippen LogP contribution < -0.4 is 5.32 Å². The number of hydrogen-bond donors (Lipinski definition) is 4. The standard InChI is InChI=1S/C24H30N6O3S/c1-13(32)24(33)30-9-14-6-16(7-15(14)10-30)27-21-17-2-3-25-22(17)26-8-18(21)23-28-19-11-29(4-5-31)12-20(19)34-23/h2-3,8,13-16,31-32H,4-7,9-12H2,1H3,(H2,25,26,27)/t13-,14-,15+,16?/m0/s1. The maximum Gasteiger partial charge on any atom is 0.251 e. The summed E-state index contributed by atoms with van der Waals surface area (Å²) < 4.78 is 0. The molecule has 1 aliphatic carbocycles. The topological polar surface area (TPSA) is 118 Å². The lowest BCUT2D eigenvalue weighted by atomic mass is 10.0. The van der Waals surface area contributed by atoms with E-state index in [0.717, 1.165) is 72.0 Å². The van der Waals surface area contributed by atoms with E-state index in [2.05, 4.69) is 26.3 Å². The Morgan fingerprint density at radius 1 is 1.32 bits per heavy atom. The van der Waals surface area contributed by atoms with Crippen molar-refractivity contribution in [2.45, 2.75) is 45.0 Å². The molecule has 10 heteroatoms. The number of rotatable bonds is 6. The fraction of sp³-hybridized carbons (Fsp3) is 0.542. The number of aliphatic hydroxyl groups is 2. The number of β-amino-alcohol motifs (C(OH)–C–C–N with tert-alkyl or cyclic N) is 1. The van der Waals surface area contributed by atoms with Gasteiger partial charge in [0.25, 0.3) is 5.91 Å². The minimum absolute atomic E-state index is 0.154. The molecule has 0 spiro atoms. The van der Waals surface area contributed by atoms with Crippen LogP contribution in [0.3, 0.4) is 0 Å². The highest BCUT2D eigenvalue weighted by atomic mass is 32.1. The first-order valence-electron chi connectivity index (χ1n) is 12.0. The number of nitrogens with one attached hydrogen (secondary N) is 2. The fourth-order valence-corrected chi connectivity index (χ4v) is 7.04. The molecule has 4 N–H and O–H groups in total. The predicted octanol–water partition coefficient (Wildman–Crippen LogP) is 2.02. The van der Waals surface area contributed by atoms with Gasteiger partial charge in [0, 0.05) is 61.4 Å². The van der Waals surface area contributed by atoms with Gasteiger partial charge in [-0.15, -0.1) is 11.3 Å². The highest BCUT2D eigenvalue weighted by Crippen LogP contribution is 2.43. The van der Waals surface area contributed by atoms with Crippen LogP contribution in [0.1, 0.15) is 30.3 Å². The highest BCUT2D eigenvalue weighted by Gasteiger charge is 2.43. The third-order valence-corrected chi connectivity index (χ3v) is 8.64. The molecule has 180 valence electrons. The van der Waals surface area contributed by atoms with Crippen molar-refractivity contribution >= 4 is 34.0 Å². The van der Waals surface area contributed by atoms with Gasteiger partial charge < -0.3 is 25.4 Å². The zero-order chi connectivity index (χ0) is 23.4. The van der Waals surface area contributed by atoms with Gasteiger partial charge in [0.1, 0.15) is 16.8 Å². The summed E-state index contributed by atoms with van der Waals surface area (Å²) in [5.74, 6) is 0.778. The van der Waals surface area contributed by atoms with Crippen molar-refractivity contribution in [3.05, 3.63) is 29.0 Å². The summed E-state index contributed by atoms with van der Waals surface area (Å²) in [4.78, 5) is 30.3. The van der Waals surface area contributed by atoms with Crippen LogP contribution in [0.5, 0.6) is 0 Å². The Kier molecular flexibility index (Phi) is 5.56. The second kappa shape index (κ2) is 8.60. The Hall–Kier alpha value is -2.53. The Balaban J connectivity index is 1.23. The molecule has 0 aromatic carbocycles. The van der Waals surface area contributed by atoms with Crippen LogP contribution in [0, 0.1) is 11.8 Å². The predicted molar refractivity (Wildman–Crippen MR) is 130 cm³/mol. The number of nitrogens with zero attached hydrogens (tertiary/aromatic N) is 4. The van der Waals surface area contributed by atoms with Crippen LogP contribution in [0.25, 0.3) is 21.6 Å². The highest BCUT2D eigenvalue weighted by molar-refractivity contribution is 7.15. The number of anilines is 1. The molecule has 2 aliphatic heterocycles. The average Bonchev–Trinajstić information content (AvgIpc) is 3.58. The molecule has 6 rings (SSSR count). The number of aliphatic hydroxyl groups excluding tert-OH is 2. The lowest BCUT2D eigenvalue weighted by Crippen LogP contribution is -2.37. The summed E-state index contributed by atoms with van der Waals surface area (Å²) in [7, 11) is 0. The van der Waals surface area contributed by atoms with Crippen molar-refractivity contribution < 1.29 is 15.0 Å². The van der Waals surface area contributed by atoms with Gasteiger partial charge in [0.2, 0.25) is 0 Å². The molecule has 34 heavy (non-hydrogen) atoms. The first kappa shape index (κ1) is 22.0. The first-order chi connectivity index (χ1) is 16.5. The molecule has 9 nitrogen and oxygen atoms in total. The molecule has 1 saturated heterocycles. The van der Waals surface area contributed by atoms with Crippen molar-refractivity contribution in [3.63, 3.8) is 0 Å². The largest absolute Gasteiger partial charge is 0.395 e. The quantitative estimate of drug-likeness (QED) is 0.425. The van der Waals surface area contributed by atoms with Gasteiger partial charge in [0.15, 0.2) is 0 Å². The summed E-state index contributed by atoms with van der Waals surface area (Å²) in [6.45, 7) is 5.47. The van der Waals surface area contributed by atoms with Gasteiger partial charge in [-0.05, 0) is 37.7 Å². The summed E-state index contributed by atoms with van der Waals surface area (Å²) in [6.07, 6.45) is 4.92. The van der Waals surface area contributed by atoms with Crippen LogP contribution >= 0.6 is 11.3 Å². The minimum atomic E-state index is -0.926. The van der Waals surface area contributed by atoms with E-state index in [4.69, 9.17) is 4.98 Å². The molecule has 0 radical (unpaired) electrons. The van der Waals surface area contributed by atoms with Crippen LogP contribution in [0.15, 0.2) is 18.5 Å². The van der Waals surface area contributed by atoms with Gasteiger partial charge in [0.05, 0.1) is 23.6 Å². The summed E-state index contributed by atoms with van der Waals surface area (Å²) in [6, 6.07) is 2.39. The molecule has 4 atom stereocenters. The molecular formula is C24H30N6O3S. The molecule has 2 fully saturated rings. The van der Waals surface area contributed by atoms with Crippen molar-refractivity contribution in [1.29, 1.82) is 0 Å². The Morgan fingerprint density at radius 2 is 2.12 bits per heavy atom. The number of aromatic nitrogens is 3. The number of pyridine rings is 1. The van der Waals surface area contributed by atoms with E-state index in [9.17, 15) is 15.0 Å². The first-order valence-corrected chi connectivity index (χ1v) is 12.8. The summed E-state index contributed by atoms with van der Waals surface area (Å²) in [5, 5.41) is 24.8. The second-order valence-corrected chi connectivity index (χ2v) is 10.9. The van der Waals surface area contributed by atoms with Crippen LogP contribution in [0.4, 0.5) is 5.69 Å². The lowest BCUT2D eigenvalue weighted by molar-refractivity contribution is -0.138. The van der Waals surface area contributed by atoms with Crippen LogP contribution in [-0.4, -0.2) is 79.3 Å². The van der Waals surface area contributed by atoms with Crippen molar-refractivity contribution in [1.82, 2.24) is 24.8 Å². The zero-order valence-corrected chi connectivity index (χ0v) is 20.0. The third kappa shape index (κ3) is 3.78. The second-order valence-electron chi connectivity index (χ2n) is 9.86. The van der Waals surface area contributed by atoms with Crippen molar-refractivity contribution in [3.8, 4) is 10.6 Å². The van der Waals surface area contributed by atoms with E-state index in [1.807, 2.05) is 17.3 Å². The number of aromatic amines is 1. The summed E-state index contributed by atoms with van der Waals surface area (Å²) >= 11 is 1.72. The number of hydrogen-bond acceptors (Lipinski definition) is 8. The SMILES string of the molecule is C[C@H](O)C(=O)N1C[C@H]2CC(Nc3c(-c4nc5c(s4)CN(CCO)C5)cnc4[nH]ccc34)C[C@H]2C1. The number of amides is 1. The number of thiazole rings is 1. The number of H-pyrrole nitrogens is 1. The Bertz CT molecular complexity index is 1190. The van der Waals surface area contributed by atoms with Crippen molar-refractivity contribution in [2.24, 2.45) is 11.8 Å². The van der Waals surface area contributed by atoms with Gasteiger partial charge in [-0.1, -0.05) is 0 Å². The molecule has 3 aromatic rings. The molecule has 1 amide bonds. The average molecular weight is 483 g/mol. The fourth-order valence-electron chi connectivity index (χ4n) is 5.91. The number of likely N-dealkylation sites (tertiary alicyclic amines) is 1. The van der Waals surface area contributed by atoms with Crippen LogP contribution in [-0.2, 0) is 17.9 Å². The lowest BCUT2D eigenvalue weighted by Gasteiger charge is -2.22. The zero-order valence-electron chi connectivity index (χ0n) is 19.2. The molecule has 0 bridgehead atoms. The van der Waals surface area contributed by atoms with E-state index in [0.29, 0.717) is 24.4 Å². The summed E-state index contributed by atoms with van der Waals surface area (Å²) in [5.41, 5.74) is 4.07. The van der Waals surface area contributed by atoms with E-state index in [1.54, 1.807) is 18.3 Å². The molecule has 1 unspecified atom stereocenters. The van der Waals surface area contributed by atoms with Gasteiger partial charge in [-0.3, -0.25) is 9.69 Å². The smallest absolute Gasteiger partial charge is 0.251 e. The van der Waals surface area contributed by atoms with E-state index in [1.165, 1.54) is 4.88 Å². The number of carbonyl (C=O) groups excluding carboxylic acids is 1. The molecule has 3 aliphatic rings. The molecule has 5 heterocycles. The number of fused-ring (bicyclic) bond motifs is 3.